The molecule has 0 spiro atoms. The number of rotatable bonds is 2. The van der Waals surface area contributed by atoms with E-state index in [4.69, 9.17) is 45.0 Å². The molecule has 106 valence electrons. The molecule has 1 N–H and O–H groups in total. The van der Waals surface area contributed by atoms with Gasteiger partial charge in [0.05, 0.1) is 0 Å². The van der Waals surface area contributed by atoms with E-state index in [1.165, 1.54) is 0 Å². The van der Waals surface area contributed by atoms with Crippen molar-refractivity contribution in [1.82, 2.24) is 0 Å². The van der Waals surface area contributed by atoms with Crippen molar-refractivity contribution in [3.63, 3.8) is 0 Å². The Morgan fingerprint density at radius 3 is 2.00 bits per heavy atom. The minimum atomic E-state index is -2.98. The summed E-state index contributed by atoms with van der Waals surface area (Å²) in [4.78, 5) is 0. The largest absolute Gasteiger partial charge is 0.380 e. The monoisotopic (exact) mass is 397 g/mol. The molecule has 11 heteroatoms. The Bertz CT molecular complexity index is 643. The Morgan fingerprint density at radius 1 is 0.947 bits per heavy atom. The molecular weight excluding hydrogens is 389 g/mol. The predicted octanol–water partition coefficient (Wildman–Crippen LogP) is 7.28. The van der Waals surface area contributed by atoms with Crippen molar-refractivity contribution in [2.45, 2.75) is 5.85 Å². The summed E-state index contributed by atoms with van der Waals surface area (Å²) < 4.78 is 12.4. The molecule has 0 saturated heterocycles. The molecule has 0 radical (unpaired) electrons. The van der Waals surface area contributed by atoms with Gasteiger partial charge in [0.25, 0.3) is 11.8 Å². The molecule has 0 aromatic heterocycles. The third kappa shape index (κ3) is 4.02. The van der Waals surface area contributed by atoms with Crippen LogP contribution in [0.5, 0.6) is 0 Å². The van der Waals surface area contributed by atoms with Gasteiger partial charge in [-0.3, -0.25) is 0 Å². The molecule has 0 aliphatic carbocycles. The van der Waals surface area contributed by atoms with Crippen LogP contribution < -0.4 is 0 Å². The molecule has 2 unspecified atom stereocenters. The lowest BCUT2D eigenvalue weighted by Crippen LogP contribution is -1.97. The van der Waals surface area contributed by atoms with Gasteiger partial charge in [-0.05, 0) is 57.2 Å². The maximum atomic E-state index is 10.5. The summed E-state index contributed by atoms with van der Waals surface area (Å²) in [6.45, 7) is 1.69. The molecular formula is C8H10Cl4N3OP3. The number of aliphatic hydroxyl groups excluding tert-OH is 1. The fourth-order valence-electron chi connectivity index (χ4n) is 1.62. The standard InChI is InChI=1S/C8H10Cl4N3OP3/c1-17(8(16)7-5-3-2-4-6-7)13-18(9,10)15-19(11,12)14-17/h2-6,8,16H,1H3. The lowest BCUT2D eigenvalue weighted by molar-refractivity contribution is 0.262. The highest BCUT2D eigenvalue weighted by Crippen LogP contribution is 2.86. The van der Waals surface area contributed by atoms with Gasteiger partial charge in [-0.1, -0.05) is 30.3 Å². The topological polar surface area (TPSA) is 57.3 Å². The van der Waals surface area contributed by atoms with Crippen molar-refractivity contribution >= 4 is 64.0 Å². The molecule has 1 aromatic carbocycles. The van der Waals surface area contributed by atoms with Gasteiger partial charge in [0.2, 0.25) is 0 Å². The van der Waals surface area contributed by atoms with Crippen LogP contribution in [0.2, 0.25) is 0 Å². The summed E-state index contributed by atoms with van der Waals surface area (Å²) >= 11 is 24.1. The van der Waals surface area contributed by atoms with Crippen LogP contribution in [0.25, 0.3) is 0 Å². The minimum absolute atomic E-state index is 0.675. The zero-order valence-electron chi connectivity index (χ0n) is 9.61. The molecule has 0 saturated carbocycles. The zero-order chi connectivity index (χ0) is 14.3. The zero-order valence-corrected chi connectivity index (χ0v) is 15.3. The van der Waals surface area contributed by atoms with E-state index in [-0.39, 0.29) is 0 Å². The first-order chi connectivity index (χ1) is 8.64. The number of halogens is 4. The number of benzene rings is 1. The van der Waals surface area contributed by atoms with E-state index in [2.05, 4.69) is 13.5 Å². The molecule has 2 rings (SSSR count). The van der Waals surface area contributed by atoms with Crippen LogP contribution in [0, 0.1) is 0 Å². The fourth-order valence-corrected chi connectivity index (χ4v) is 18.8. The smallest absolute Gasteiger partial charge is 0.255 e. The van der Waals surface area contributed by atoms with Crippen LogP contribution in [0.3, 0.4) is 0 Å². The van der Waals surface area contributed by atoms with Crippen molar-refractivity contribution in [3.05, 3.63) is 35.9 Å². The van der Waals surface area contributed by atoms with Crippen molar-refractivity contribution < 1.29 is 5.11 Å². The maximum Gasteiger partial charge on any atom is 0.255 e. The van der Waals surface area contributed by atoms with Gasteiger partial charge in [0.15, 0.2) is 0 Å². The average molecular weight is 399 g/mol. The number of hydrogen-bond acceptors (Lipinski definition) is 4. The van der Waals surface area contributed by atoms with Gasteiger partial charge in [-0.2, -0.15) is 4.52 Å². The highest BCUT2D eigenvalue weighted by atomic mass is 35.9. The third-order valence-electron chi connectivity index (χ3n) is 2.35. The first kappa shape index (κ1) is 16.4. The van der Waals surface area contributed by atoms with Crippen molar-refractivity contribution in [2.75, 3.05) is 6.66 Å². The third-order valence-corrected chi connectivity index (χ3v) is 14.8. The second-order valence-electron chi connectivity index (χ2n) is 3.94. The highest BCUT2D eigenvalue weighted by molar-refractivity contribution is 8.21. The predicted molar refractivity (Wildman–Crippen MR) is 88.8 cm³/mol. The fraction of sp³-hybridized carbons (Fsp3) is 0.250. The second kappa shape index (κ2) is 5.67. The second-order valence-corrected chi connectivity index (χ2v) is 17.1. The van der Waals surface area contributed by atoms with E-state index in [1.54, 1.807) is 18.8 Å². The molecule has 0 bridgehead atoms. The number of nitrogens with zero attached hydrogens (tertiary/aromatic N) is 3. The Balaban J connectivity index is 2.59. The molecule has 1 aromatic rings. The first-order valence-electron chi connectivity index (χ1n) is 5.04. The van der Waals surface area contributed by atoms with E-state index < -0.39 is 24.9 Å². The van der Waals surface area contributed by atoms with Crippen LogP contribution in [0.15, 0.2) is 43.9 Å². The van der Waals surface area contributed by atoms with Gasteiger partial charge in [0.1, 0.15) is 13.1 Å². The van der Waals surface area contributed by atoms with Gasteiger partial charge in [-0.15, -0.1) is 0 Å². The summed E-state index contributed by atoms with van der Waals surface area (Å²) in [7, 11) is -2.64. The summed E-state index contributed by atoms with van der Waals surface area (Å²) in [6.07, 6.45) is 0. The number of aliphatic hydroxyl groups is 1. The SMILES string of the molecule is CP1(C(O)c2ccccc2)=NP(Cl)(Cl)=NP(Cl)(Cl)=N1. The summed E-state index contributed by atoms with van der Waals surface area (Å²) in [6, 6.07) is 9.03. The van der Waals surface area contributed by atoms with Crippen LogP contribution in [-0.4, -0.2) is 11.8 Å². The summed E-state index contributed by atoms with van der Waals surface area (Å²) in [5.41, 5.74) is 0.675. The summed E-state index contributed by atoms with van der Waals surface area (Å²) in [5, 5.41) is 10.5. The van der Waals surface area contributed by atoms with Crippen molar-refractivity contribution in [2.24, 2.45) is 13.5 Å². The lowest BCUT2D eigenvalue weighted by Gasteiger charge is -2.27. The Morgan fingerprint density at radius 2 is 1.47 bits per heavy atom. The molecule has 2 atom stereocenters. The Kier molecular flexibility index (Phi) is 4.89. The van der Waals surface area contributed by atoms with E-state index >= 15 is 0 Å². The quantitative estimate of drug-likeness (QED) is 0.522. The van der Waals surface area contributed by atoms with Crippen molar-refractivity contribution in [1.29, 1.82) is 0 Å². The van der Waals surface area contributed by atoms with Crippen molar-refractivity contribution in [3.8, 4) is 0 Å². The van der Waals surface area contributed by atoms with E-state index in [0.717, 1.165) is 0 Å². The molecule has 1 heterocycles. The van der Waals surface area contributed by atoms with E-state index in [0.29, 0.717) is 5.56 Å². The minimum Gasteiger partial charge on any atom is -0.380 e. The van der Waals surface area contributed by atoms with E-state index in [1.807, 2.05) is 18.2 Å². The number of hydrogen-bond donors (Lipinski definition) is 1. The first-order valence-corrected chi connectivity index (χ1v) is 14.3. The molecule has 1 aliphatic heterocycles. The lowest BCUT2D eigenvalue weighted by atomic mass is 10.2. The maximum absolute atomic E-state index is 10.5. The van der Waals surface area contributed by atoms with Crippen LogP contribution in [-0.2, 0) is 0 Å². The Hall–Kier alpha value is 1.03. The van der Waals surface area contributed by atoms with Gasteiger partial charge < -0.3 is 5.11 Å². The van der Waals surface area contributed by atoms with Gasteiger partial charge in [-0.25, -0.2) is 9.03 Å². The van der Waals surface area contributed by atoms with Gasteiger partial charge >= 0.3 is 0 Å². The normalized spacial score (nSPS) is 29.6. The molecule has 19 heavy (non-hydrogen) atoms. The highest BCUT2D eigenvalue weighted by Gasteiger charge is 2.35. The molecule has 4 nitrogen and oxygen atoms in total. The van der Waals surface area contributed by atoms with E-state index in [9.17, 15) is 5.11 Å². The Labute approximate surface area is 130 Å². The molecule has 0 fully saturated rings. The van der Waals surface area contributed by atoms with Crippen LogP contribution in [0.1, 0.15) is 11.4 Å². The average Bonchev–Trinajstić information content (AvgIpc) is 2.24. The van der Waals surface area contributed by atoms with Crippen LogP contribution in [0.4, 0.5) is 0 Å². The van der Waals surface area contributed by atoms with Crippen LogP contribution >= 0.6 is 64.0 Å². The molecule has 1 aliphatic rings. The summed E-state index contributed by atoms with van der Waals surface area (Å²) in [5.74, 6) is -6.89. The van der Waals surface area contributed by atoms with Gasteiger partial charge in [0, 0.05) is 0 Å². The molecule has 0 amide bonds.